The smallest absolute Gasteiger partial charge is 0.138 e. The minimum atomic E-state index is 0.751. The SMILES string of the molecule is Cc1ncc(-c2ccc3[nH]nc(-c4cc5c(-c6ccccn6)ccnc5[nH]4)c3n2)n1C. The molecule has 0 unspecified atom stereocenters. The lowest BCUT2D eigenvalue weighted by Gasteiger charge is -2.03. The number of H-pyrrole nitrogens is 2. The standard InChI is InChI=1S/C23H18N8/c1-13-26-12-20(31(13)2)17-6-7-18-21(27-17)22(30-29-18)19-11-15-14(8-10-25-23(15)28-19)16-5-3-4-9-24-16/h3-12H,1-2H3,(H,25,28)(H,29,30). The first-order chi connectivity index (χ1) is 15.2. The maximum Gasteiger partial charge on any atom is 0.138 e. The zero-order valence-corrected chi connectivity index (χ0v) is 17.0. The van der Waals surface area contributed by atoms with E-state index in [0.29, 0.717) is 0 Å². The molecule has 6 aromatic heterocycles. The van der Waals surface area contributed by atoms with Crippen LogP contribution in [0, 0.1) is 6.92 Å². The zero-order valence-electron chi connectivity index (χ0n) is 17.0. The number of pyridine rings is 3. The molecule has 150 valence electrons. The number of nitrogens with one attached hydrogen (secondary N) is 2. The molecule has 0 aliphatic rings. The van der Waals surface area contributed by atoms with Gasteiger partial charge >= 0.3 is 0 Å². The third kappa shape index (κ3) is 2.72. The van der Waals surface area contributed by atoms with Crippen LogP contribution in [0.1, 0.15) is 5.82 Å². The van der Waals surface area contributed by atoms with E-state index in [1.54, 1.807) is 12.4 Å². The molecule has 6 rings (SSSR count). The van der Waals surface area contributed by atoms with E-state index in [-0.39, 0.29) is 0 Å². The Bertz CT molecular complexity index is 1560. The zero-order chi connectivity index (χ0) is 20.9. The molecule has 2 N–H and O–H groups in total. The third-order valence-corrected chi connectivity index (χ3v) is 5.62. The Kier molecular flexibility index (Phi) is 3.73. The fourth-order valence-corrected chi connectivity index (χ4v) is 3.87. The first-order valence-corrected chi connectivity index (χ1v) is 9.92. The summed E-state index contributed by atoms with van der Waals surface area (Å²) in [5.74, 6) is 0.938. The Morgan fingerprint density at radius 2 is 1.87 bits per heavy atom. The number of imidazole rings is 1. The fraction of sp³-hybridized carbons (Fsp3) is 0.0870. The van der Waals surface area contributed by atoms with Crippen molar-refractivity contribution in [3.05, 3.63) is 66.9 Å². The van der Waals surface area contributed by atoms with Crippen LogP contribution in [-0.4, -0.2) is 39.7 Å². The summed E-state index contributed by atoms with van der Waals surface area (Å²) in [5, 5.41) is 8.62. The van der Waals surface area contributed by atoms with Crippen LogP contribution in [0.3, 0.4) is 0 Å². The van der Waals surface area contributed by atoms with Crippen molar-refractivity contribution in [2.75, 3.05) is 0 Å². The summed E-state index contributed by atoms with van der Waals surface area (Å²) in [5.41, 5.74) is 7.78. The van der Waals surface area contributed by atoms with Gasteiger partial charge in [0.25, 0.3) is 0 Å². The van der Waals surface area contributed by atoms with E-state index in [1.165, 1.54) is 0 Å². The highest BCUT2D eigenvalue weighted by molar-refractivity contribution is 5.98. The van der Waals surface area contributed by atoms with Crippen molar-refractivity contribution in [3.63, 3.8) is 0 Å². The second kappa shape index (κ2) is 6.60. The molecule has 0 bridgehead atoms. The molecule has 0 fully saturated rings. The minimum absolute atomic E-state index is 0.751. The summed E-state index contributed by atoms with van der Waals surface area (Å²) in [6.45, 7) is 1.97. The third-order valence-electron chi connectivity index (χ3n) is 5.62. The van der Waals surface area contributed by atoms with Crippen LogP contribution in [0.4, 0.5) is 0 Å². The molecular formula is C23H18N8. The summed E-state index contributed by atoms with van der Waals surface area (Å²) in [6.07, 6.45) is 5.42. The summed E-state index contributed by atoms with van der Waals surface area (Å²) in [7, 11) is 1.99. The summed E-state index contributed by atoms with van der Waals surface area (Å²) in [6, 6.07) is 13.9. The number of nitrogens with zero attached hydrogens (tertiary/aromatic N) is 6. The highest BCUT2D eigenvalue weighted by Gasteiger charge is 2.17. The Morgan fingerprint density at radius 3 is 2.68 bits per heavy atom. The first kappa shape index (κ1) is 17.5. The van der Waals surface area contributed by atoms with Gasteiger partial charge in [0.15, 0.2) is 0 Å². The largest absolute Gasteiger partial charge is 0.338 e. The number of hydrogen-bond donors (Lipinski definition) is 2. The van der Waals surface area contributed by atoms with E-state index in [4.69, 9.17) is 4.98 Å². The van der Waals surface area contributed by atoms with Gasteiger partial charge in [0.05, 0.1) is 34.5 Å². The number of aryl methyl sites for hydroxylation is 1. The van der Waals surface area contributed by atoms with E-state index >= 15 is 0 Å². The van der Waals surface area contributed by atoms with Crippen molar-refractivity contribution in [1.82, 2.24) is 39.7 Å². The molecule has 0 atom stereocenters. The molecule has 6 heterocycles. The van der Waals surface area contributed by atoms with Gasteiger partial charge in [-0.25, -0.2) is 15.0 Å². The van der Waals surface area contributed by atoms with Gasteiger partial charge in [0.2, 0.25) is 0 Å². The van der Waals surface area contributed by atoms with Crippen LogP contribution in [0.15, 0.2) is 61.1 Å². The number of aromatic amines is 2. The molecule has 0 aliphatic heterocycles. The Hall–Kier alpha value is -4.33. The van der Waals surface area contributed by atoms with Gasteiger partial charge in [-0.2, -0.15) is 5.10 Å². The fourth-order valence-electron chi connectivity index (χ4n) is 3.87. The molecular weight excluding hydrogens is 388 g/mol. The minimum Gasteiger partial charge on any atom is -0.338 e. The van der Waals surface area contributed by atoms with E-state index in [2.05, 4.69) is 36.2 Å². The Morgan fingerprint density at radius 1 is 0.935 bits per heavy atom. The molecule has 0 aliphatic carbocycles. The molecule has 31 heavy (non-hydrogen) atoms. The molecule has 0 saturated heterocycles. The lowest BCUT2D eigenvalue weighted by Crippen LogP contribution is -1.96. The second-order valence-electron chi connectivity index (χ2n) is 7.43. The molecule has 0 saturated carbocycles. The molecule has 8 nitrogen and oxygen atoms in total. The van der Waals surface area contributed by atoms with E-state index < -0.39 is 0 Å². The van der Waals surface area contributed by atoms with Crippen molar-refractivity contribution in [2.24, 2.45) is 7.05 Å². The topological polar surface area (TPSA) is 101 Å². The van der Waals surface area contributed by atoms with Crippen LogP contribution >= 0.6 is 0 Å². The lowest BCUT2D eigenvalue weighted by atomic mass is 10.1. The van der Waals surface area contributed by atoms with Crippen molar-refractivity contribution in [2.45, 2.75) is 6.92 Å². The normalized spacial score (nSPS) is 11.5. The summed E-state index contributed by atoms with van der Waals surface area (Å²) in [4.78, 5) is 21.7. The predicted molar refractivity (Wildman–Crippen MR) is 119 cm³/mol. The number of rotatable bonds is 3. The highest BCUT2D eigenvalue weighted by Crippen LogP contribution is 2.32. The maximum absolute atomic E-state index is 4.90. The second-order valence-corrected chi connectivity index (χ2v) is 7.43. The average Bonchev–Trinajstić information content (AvgIpc) is 3.50. The Labute approximate surface area is 177 Å². The van der Waals surface area contributed by atoms with Gasteiger partial charge in [0.1, 0.15) is 22.7 Å². The van der Waals surface area contributed by atoms with Gasteiger partial charge in [-0.05, 0) is 43.3 Å². The molecule has 0 aromatic carbocycles. The molecule has 6 aromatic rings. The number of hydrogen-bond acceptors (Lipinski definition) is 5. The van der Waals surface area contributed by atoms with Gasteiger partial charge in [-0.3, -0.25) is 10.1 Å². The molecule has 0 amide bonds. The molecule has 0 radical (unpaired) electrons. The van der Waals surface area contributed by atoms with Gasteiger partial charge < -0.3 is 9.55 Å². The maximum atomic E-state index is 4.90. The van der Waals surface area contributed by atoms with Gasteiger partial charge in [-0.15, -0.1) is 0 Å². The number of fused-ring (bicyclic) bond motifs is 2. The van der Waals surface area contributed by atoms with Gasteiger partial charge in [-0.1, -0.05) is 6.07 Å². The molecule has 8 heteroatoms. The van der Waals surface area contributed by atoms with Crippen molar-refractivity contribution >= 4 is 22.1 Å². The quantitative estimate of drug-likeness (QED) is 0.457. The van der Waals surface area contributed by atoms with Gasteiger partial charge in [0, 0.05) is 30.4 Å². The van der Waals surface area contributed by atoms with Crippen molar-refractivity contribution in [1.29, 1.82) is 0 Å². The van der Waals surface area contributed by atoms with Crippen molar-refractivity contribution < 1.29 is 0 Å². The van der Waals surface area contributed by atoms with Crippen LogP contribution in [0.5, 0.6) is 0 Å². The van der Waals surface area contributed by atoms with E-state index in [1.807, 2.05) is 61.1 Å². The Balaban J connectivity index is 1.52. The van der Waals surface area contributed by atoms with E-state index in [9.17, 15) is 0 Å². The van der Waals surface area contributed by atoms with Crippen LogP contribution in [-0.2, 0) is 7.05 Å². The van der Waals surface area contributed by atoms with Crippen LogP contribution < -0.4 is 0 Å². The predicted octanol–water partition coefficient (Wildman–Crippen LogP) is 4.27. The molecule has 0 spiro atoms. The first-order valence-electron chi connectivity index (χ1n) is 9.92. The van der Waals surface area contributed by atoms with Crippen LogP contribution in [0.2, 0.25) is 0 Å². The monoisotopic (exact) mass is 406 g/mol. The van der Waals surface area contributed by atoms with Crippen molar-refractivity contribution in [3.8, 4) is 34.0 Å². The average molecular weight is 406 g/mol. The highest BCUT2D eigenvalue weighted by atomic mass is 15.1. The number of aromatic nitrogens is 8. The summed E-state index contributed by atoms with van der Waals surface area (Å²) >= 11 is 0. The summed E-state index contributed by atoms with van der Waals surface area (Å²) < 4.78 is 2.03. The van der Waals surface area contributed by atoms with E-state index in [0.717, 1.165) is 61.9 Å². The van der Waals surface area contributed by atoms with Crippen LogP contribution in [0.25, 0.3) is 56.1 Å². The lowest BCUT2D eigenvalue weighted by molar-refractivity contribution is 0.862.